The molecule has 0 aliphatic carbocycles. The molecule has 110 valence electrons. The Morgan fingerprint density at radius 2 is 1.90 bits per heavy atom. The molecule has 1 rings (SSSR count). The molecule has 20 heavy (non-hydrogen) atoms. The number of nitrogens with one attached hydrogen (secondary N) is 1. The van der Waals surface area contributed by atoms with Crippen molar-refractivity contribution in [2.45, 2.75) is 0 Å². The number of anilines is 1. The second-order valence-corrected chi connectivity index (χ2v) is 4.62. The van der Waals surface area contributed by atoms with Gasteiger partial charge < -0.3 is 20.2 Å². The van der Waals surface area contributed by atoms with Crippen molar-refractivity contribution in [1.82, 2.24) is 9.80 Å². The van der Waals surface area contributed by atoms with Crippen LogP contribution in [0.2, 0.25) is 0 Å². The molecule has 0 aliphatic rings. The van der Waals surface area contributed by atoms with Crippen molar-refractivity contribution in [3.8, 4) is 0 Å². The molecule has 1 aromatic carbocycles. The molecule has 0 bridgehead atoms. The number of carboxylic acids is 1. The van der Waals surface area contributed by atoms with Gasteiger partial charge in [0.15, 0.2) is 0 Å². The number of hydrogen-bond donors (Lipinski definition) is 2. The van der Waals surface area contributed by atoms with E-state index in [2.05, 4.69) is 5.32 Å². The van der Waals surface area contributed by atoms with Crippen LogP contribution >= 0.6 is 0 Å². The van der Waals surface area contributed by atoms with Crippen molar-refractivity contribution in [2.24, 2.45) is 0 Å². The molecule has 7 heteroatoms. The van der Waals surface area contributed by atoms with Gasteiger partial charge in [0, 0.05) is 20.1 Å². The Morgan fingerprint density at radius 1 is 1.25 bits per heavy atom. The Bertz CT molecular complexity index is 506. The van der Waals surface area contributed by atoms with Gasteiger partial charge in [-0.25, -0.2) is 14.0 Å². The highest BCUT2D eigenvalue weighted by molar-refractivity contribution is 6.00. The minimum atomic E-state index is -1.30. The molecule has 2 amide bonds. The Hall–Kier alpha value is -2.15. The fourth-order valence-electron chi connectivity index (χ4n) is 1.48. The van der Waals surface area contributed by atoms with E-state index in [1.807, 2.05) is 19.0 Å². The average molecular weight is 283 g/mol. The standard InChI is InChI=1S/C13H18FN3O3/c1-16(2)7-8-17(3)13(20)15-11-9(12(18)19)5-4-6-10(11)14/h4-6H,7-8H2,1-3H3,(H,15,20)(H,18,19). The number of carbonyl (C=O) groups excluding carboxylic acids is 1. The van der Waals surface area contributed by atoms with E-state index >= 15 is 0 Å². The number of carboxylic acid groups (broad SMARTS) is 1. The number of carbonyl (C=O) groups is 2. The number of amides is 2. The first-order valence-corrected chi connectivity index (χ1v) is 6.01. The van der Waals surface area contributed by atoms with Crippen molar-refractivity contribution in [2.75, 3.05) is 39.5 Å². The quantitative estimate of drug-likeness (QED) is 0.860. The predicted molar refractivity (Wildman–Crippen MR) is 73.6 cm³/mol. The molecule has 2 N–H and O–H groups in total. The summed E-state index contributed by atoms with van der Waals surface area (Å²) >= 11 is 0. The van der Waals surface area contributed by atoms with E-state index in [9.17, 15) is 14.0 Å². The molecule has 0 radical (unpaired) electrons. The van der Waals surface area contributed by atoms with Crippen LogP contribution in [-0.2, 0) is 0 Å². The lowest BCUT2D eigenvalue weighted by Crippen LogP contribution is -2.36. The molecule has 6 nitrogen and oxygen atoms in total. The van der Waals surface area contributed by atoms with E-state index < -0.39 is 17.8 Å². The van der Waals surface area contributed by atoms with E-state index in [-0.39, 0.29) is 11.3 Å². The number of benzene rings is 1. The van der Waals surface area contributed by atoms with Crippen LogP contribution in [0.15, 0.2) is 18.2 Å². The third-order valence-corrected chi connectivity index (χ3v) is 2.71. The summed E-state index contributed by atoms with van der Waals surface area (Å²) in [5.41, 5.74) is -0.596. The first kappa shape index (κ1) is 15.9. The van der Waals surface area contributed by atoms with Crippen molar-refractivity contribution in [1.29, 1.82) is 0 Å². The molecular weight excluding hydrogens is 265 g/mol. The van der Waals surface area contributed by atoms with Gasteiger partial charge in [0.05, 0.1) is 11.3 Å². The lowest BCUT2D eigenvalue weighted by Gasteiger charge is -2.20. The number of aromatic carboxylic acids is 1. The summed E-state index contributed by atoms with van der Waals surface area (Å²) in [5, 5.41) is 11.3. The summed E-state index contributed by atoms with van der Waals surface area (Å²) in [6, 6.07) is 3.06. The fraction of sp³-hybridized carbons (Fsp3) is 0.385. The van der Waals surface area contributed by atoms with Crippen molar-refractivity contribution >= 4 is 17.7 Å². The second kappa shape index (κ2) is 6.85. The Kier molecular flexibility index (Phi) is 5.45. The van der Waals surface area contributed by atoms with Crippen LogP contribution in [-0.4, -0.2) is 61.1 Å². The normalized spacial score (nSPS) is 10.4. The van der Waals surface area contributed by atoms with E-state index in [0.29, 0.717) is 13.1 Å². The smallest absolute Gasteiger partial charge is 0.337 e. The van der Waals surface area contributed by atoms with Crippen LogP contribution in [0.3, 0.4) is 0 Å². The molecule has 0 saturated carbocycles. The van der Waals surface area contributed by atoms with E-state index in [1.54, 1.807) is 7.05 Å². The highest BCUT2D eigenvalue weighted by Crippen LogP contribution is 2.20. The molecule has 0 saturated heterocycles. The zero-order chi connectivity index (χ0) is 15.3. The summed E-state index contributed by atoms with van der Waals surface area (Å²) in [4.78, 5) is 26.1. The molecule has 1 aromatic rings. The molecule has 0 fully saturated rings. The van der Waals surface area contributed by atoms with Gasteiger partial charge in [-0.3, -0.25) is 0 Å². The van der Waals surface area contributed by atoms with Gasteiger partial charge in [-0.2, -0.15) is 0 Å². The average Bonchev–Trinajstić information content (AvgIpc) is 2.37. The first-order chi connectivity index (χ1) is 9.32. The number of hydrogen-bond acceptors (Lipinski definition) is 3. The molecular formula is C13H18FN3O3. The Labute approximate surface area is 116 Å². The van der Waals surface area contributed by atoms with Crippen LogP contribution in [0.5, 0.6) is 0 Å². The van der Waals surface area contributed by atoms with Crippen LogP contribution in [0.1, 0.15) is 10.4 Å². The third kappa shape index (κ3) is 4.20. The third-order valence-electron chi connectivity index (χ3n) is 2.71. The SMILES string of the molecule is CN(C)CCN(C)C(=O)Nc1c(F)cccc1C(=O)O. The van der Waals surface area contributed by atoms with Crippen molar-refractivity contribution < 1.29 is 19.1 Å². The van der Waals surface area contributed by atoms with Crippen LogP contribution < -0.4 is 5.32 Å². The molecule has 0 unspecified atom stereocenters. The van der Waals surface area contributed by atoms with Gasteiger partial charge in [-0.15, -0.1) is 0 Å². The van der Waals surface area contributed by atoms with Gasteiger partial charge in [-0.05, 0) is 26.2 Å². The first-order valence-electron chi connectivity index (χ1n) is 6.01. The molecule has 0 aliphatic heterocycles. The summed E-state index contributed by atoms with van der Waals surface area (Å²) in [6.07, 6.45) is 0. The molecule has 0 spiro atoms. The maximum atomic E-state index is 13.6. The fourth-order valence-corrected chi connectivity index (χ4v) is 1.48. The van der Waals surface area contributed by atoms with Gasteiger partial charge in [0.25, 0.3) is 0 Å². The van der Waals surface area contributed by atoms with Crippen molar-refractivity contribution in [3.63, 3.8) is 0 Å². The predicted octanol–water partition coefficient (Wildman–Crippen LogP) is 1.55. The van der Waals surface area contributed by atoms with Crippen LogP contribution in [0.4, 0.5) is 14.9 Å². The highest BCUT2D eigenvalue weighted by Gasteiger charge is 2.18. The monoisotopic (exact) mass is 283 g/mol. The Balaban J connectivity index is 2.82. The largest absolute Gasteiger partial charge is 0.478 e. The molecule has 0 atom stereocenters. The number of nitrogens with zero attached hydrogens (tertiary/aromatic N) is 2. The van der Waals surface area contributed by atoms with Crippen molar-refractivity contribution in [3.05, 3.63) is 29.6 Å². The molecule has 0 heterocycles. The summed E-state index contributed by atoms with van der Waals surface area (Å²) < 4.78 is 13.6. The summed E-state index contributed by atoms with van der Waals surface area (Å²) in [5.74, 6) is -2.07. The lowest BCUT2D eigenvalue weighted by molar-refractivity contribution is 0.0697. The Morgan fingerprint density at radius 3 is 2.45 bits per heavy atom. The summed E-state index contributed by atoms with van der Waals surface area (Å²) in [7, 11) is 5.29. The van der Waals surface area contributed by atoms with E-state index in [0.717, 1.165) is 6.07 Å². The van der Waals surface area contributed by atoms with Gasteiger partial charge in [0.1, 0.15) is 5.82 Å². The summed E-state index contributed by atoms with van der Waals surface area (Å²) in [6.45, 7) is 1.09. The minimum absolute atomic E-state index is 0.278. The topological polar surface area (TPSA) is 72.9 Å². The number of urea groups is 1. The number of para-hydroxylation sites is 1. The minimum Gasteiger partial charge on any atom is -0.478 e. The van der Waals surface area contributed by atoms with Gasteiger partial charge in [-0.1, -0.05) is 6.07 Å². The highest BCUT2D eigenvalue weighted by atomic mass is 19.1. The second-order valence-electron chi connectivity index (χ2n) is 4.62. The van der Waals surface area contributed by atoms with Crippen LogP contribution in [0.25, 0.3) is 0 Å². The van der Waals surface area contributed by atoms with Gasteiger partial charge in [0.2, 0.25) is 0 Å². The maximum Gasteiger partial charge on any atom is 0.337 e. The maximum absolute atomic E-state index is 13.6. The zero-order valence-electron chi connectivity index (χ0n) is 11.7. The van der Waals surface area contributed by atoms with E-state index in [1.165, 1.54) is 17.0 Å². The number of halogens is 1. The number of likely N-dealkylation sites (N-methyl/N-ethyl adjacent to an activating group) is 2. The zero-order valence-corrected chi connectivity index (χ0v) is 11.7. The van der Waals surface area contributed by atoms with Crippen LogP contribution in [0, 0.1) is 5.82 Å². The number of rotatable bonds is 5. The molecule has 0 aromatic heterocycles. The van der Waals surface area contributed by atoms with Gasteiger partial charge >= 0.3 is 12.0 Å². The van der Waals surface area contributed by atoms with E-state index in [4.69, 9.17) is 5.11 Å². The lowest BCUT2D eigenvalue weighted by atomic mass is 10.1.